The summed E-state index contributed by atoms with van der Waals surface area (Å²) >= 11 is 6.26. The zero-order valence-electron chi connectivity index (χ0n) is 15.1. The Balaban J connectivity index is 2.16. The average molecular weight is 369 g/mol. The third-order valence-corrected chi connectivity index (χ3v) is 4.75. The maximum atomic E-state index is 12.5. The SMILES string of the molecule is CCOC(=O)c1cnc2c(C)c(Cl)ccc2c1N(C)Cc1ccccc1. The summed E-state index contributed by atoms with van der Waals surface area (Å²) in [6, 6.07) is 13.9. The lowest BCUT2D eigenvalue weighted by molar-refractivity contribution is 0.0527. The zero-order valence-corrected chi connectivity index (χ0v) is 15.9. The van der Waals surface area contributed by atoms with Gasteiger partial charge in [-0.25, -0.2) is 4.79 Å². The molecule has 0 fully saturated rings. The van der Waals surface area contributed by atoms with Gasteiger partial charge in [0.15, 0.2) is 0 Å². The van der Waals surface area contributed by atoms with E-state index in [1.165, 1.54) is 0 Å². The van der Waals surface area contributed by atoms with E-state index < -0.39 is 0 Å². The number of anilines is 1. The summed E-state index contributed by atoms with van der Waals surface area (Å²) in [6.45, 7) is 4.71. The third kappa shape index (κ3) is 3.51. The molecule has 3 aromatic rings. The average Bonchev–Trinajstić information content (AvgIpc) is 2.64. The van der Waals surface area contributed by atoms with Crippen molar-refractivity contribution in [2.24, 2.45) is 0 Å². The first-order chi connectivity index (χ1) is 12.5. The molecule has 0 aliphatic rings. The van der Waals surface area contributed by atoms with Gasteiger partial charge in [0.1, 0.15) is 5.56 Å². The predicted octanol–water partition coefficient (Wildman–Crippen LogP) is 5.01. The van der Waals surface area contributed by atoms with E-state index in [0.717, 1.165) is 27.7 Å². The monoisotopic (exact) mass is 368 g/mol. The number of halogens is 1. The molecule has 0 bridgehead atoms. The van der Waals surface area contributed by atoms with Gasteiger partial charge in [-0.3, -0.25) is 4.98 Å². The van der Waals surface area contributed by atoms with Crippen LogP contribution in [0.4, 0.5) is 5.69 Å². The Morgan fingerprint density at radius 1 is 1.19 bits per heavy atom. The highest BCUT2D eigenvalue weighted by molar-refractivity contribution is 6.32. The smallest absolute Gasteiger partial charge is 0.341 e. The molecule has 26 heavy (non-hydrogen) atoms. The molecular weight excluding hydrogens is 348 g/mol. The number of esters is 1. The molecule has 2 aromatic carbocycles. The molecular formula is C21H21ClN2O2. The van der Waals surface area contributed by atoms with Crippen LogP contribution in [-0.2, 0) is 11.3 Å². The van der Waals surface area contributed by atoms with Crippen LogP contribution < -0.4 is 4.90 Å². The molecule has 5 heteroatoms. The Morgan fingerprint density at radius 3 is 2.62 bits per heavy atom. The molecule has 3 rings (SSSR count). The van der Waals surface area contributed by atoms with E-state index in [9.17, 15) is 4.79 Å². The Morgan fingerprint density at radius 2 is 1.92 bits per heavy atom. The first-order valence-corrected chi connectivity index (χ1v) is 8.90. The molecule has 1 aromatic heterocycles. The second kappa shape index (κ2) is 7.75. The van der Waals surface area contributed by atoms with Crippen LogP contribution in [0.15, 0.2) is 48.7 Å². The van der Waals surface area contributed by atoms with Gasteiger partial charge in [-0.05, 0) is 37.1 Å². The quantitative estimate of drug-likeness (QED) is 0.594. The molecule has 1 heterocycles. The molecule has 0 unspecified atom stereocenters. The summed E-state index contributed by atoms with van der Waals surface area (Å²) in [7, 11) is 1.97. The van der Waals surface area contributed by atoms with Crippen LogP contribution in [0.1, 0.15) is 28.4 Å². The number of carbonyl (C=O) groups is 1. The summed E-state index contributed by atoms with van der Waals surface area (Å²) in [6.07, 6.45) is 1.58. The van der Waals surface area contributed by atoms with Crippen LogP contribution in [0.3, 0.4) is 0 Å². The molecule has 0 aliphatic carbocycles. The first kappa shape index (κ1) is 18.2. The number of aromatic nitrogens is 1. The lowest BCUT2D eigenvalue weighted by Gasteiger charge is -2.24. The van der Waals surface area contributed by atoms with Crippen LogP contribution in [0, 0.1) is 6.92 Å². The lowest BCUT2D eigenvalue weighted by Crippen LogP contribution is -2.21. The van der Waals surface area contributed by atoms with Crippen LogP contribution >= 0.6 is 11.6 Å². The Kier molecular flexibility index (Phi) is 5.43. The van der Waals surface area contributed by atoms with Gasteiger partial charge in [-0.1, -0.05) is 41.9 Å². The summed E-state index contributed by atoms with van der Waals surface area (Å²) in [4.78, 5) is 19.0. The number of pyridine rings is 1. The van der Waals surface area contributed by atoms with E-state index in [1.807, 2.05) is 44.3 Å². The standard InChI is InChI=1S/C21H21ClN2O2/c1-4-26-21(25)17-12-23-19-14(2)18(22)11-10-16(19)20(17)24(3)13-15-8-6-5-7-9-15/h5-12H,4,13H2,1-3H3. The van der Waals surface area contributed by atoms with Crippen molar-refractivity contribution in [3.05, 3.63) is 70.4 Å². The molecule has 0 saturated carbocycles. The van der Waals surface area contributed by atoms with Gasteiger partial charge < -0.3 is 9.64 Å². The Hall–Kier alpha value is -2.59. The molecule has 0 atom stereocenters. The highest BCUT2D eigenvalue weighted by atomic mass is 35.5. The highest BCUT2D eigenvalue weighted by Gasteiger charge is 2.21. The molecule has 0 radical (unpaired) electrons. The van der Waals surface area contributed by atoms with Crippen LogP contribution in [-0.4, -0.2) is 24.6 Å². The molecule has 0 saturated heterocycles. The van der Waals surface area contributed by atoms with Gasteiger partial charge in [-0.15, -0.1) is 0 Å². The van der Waals surface area contributed by atoms with Crippen molar-refractivity contribution in [2.45, 2.75) is 20.4 Å². The number of nitrogens with zero attached hydrogens (tertiary/aromatic N) is 2. The van der Waals surface area contributed by atoms with Gasteiger partial charge in [-0.2, -0.15) is 0 Å². The summed E-state index contributed by atoms with van der Waals surface area (Å²) < 4.78 is 5.24. The highest BCUT2D eigenvalue weighted by Crippen LogP contribution is 2.34. The Bertz CT molecular complexity index is 942. The normalized spacial score (nSPS) is 10.8. The van der Waals surface area contributed by atoms with Crippen LogP contribution in [0.2, 0.25) is 5.02 Å². The fraction of sp³-hybridized carbons (Fsp3) is 0.238. The molecule has 0 amide bonds. The van der Waals surface area contributed by atoms with Gasteiger partial charge in [0.25, 0.3) is 0 Å². The zero-order chi connectivity index (χ0) is 18.7. The summed E-state index contributed by atoms with van der Waals surface area (Å²) in [5.41, 5.74) is 4.10. The van der Waals surface area contributed by atoms with E-state index in [2.05, 4.69) is 22.0 Å². The minimum Gasteiger partial charge on any atom is -0.462 e. The maximum Gasteiger partial charge on any atom is 0.341 e. The molecule has 0 spiro atoms. The number of ether oxygens (including phenoxy) is 1. The molecule has 0 aliphatic heterocycles. The number of aryl methyl sites for hydroxylation is 1. The predicted molar refractivity (Wildman–Crippen MR) is 106 cm³/mol. The van der Waals surface area contributed by atoms with Gasteiger partial charge in [0, 0.05) is 30.2 Å². The number of hydrogen-bond acceptors (Lipinski definition) is 4. The van der Waals surface area contributed by atoms with Crippen molar-refractivity contribution in [2.75, 3.05) is 18.6 Å². The molecule has 4 nitrogen and oxygen atoms in total. The largest absolute Gasteiger partial charge is 0.462 e. The number of fused-ring (bicyclic) bond motifs is 1. The van der Waals surface area contributed by atoms with E-state index in [-0.39, 0.29) is 5.97 Å². The van der Waals surface area contributed by atoms with E-state index >= 15 is 0 Å². The molecule has 134 valence electrons. The van der Waals surface area contributed by atoms with Crippen molar-refractivity contribution in [1.82, 2.24) is 4.98 Å². The number of rotatable bonds is 5. The van der Waals surface area contributed by atoms with Crippen molar-refractivity contribution in [1.29, 1.82) is 0 Å². The van der Waals surface area contributed by atoms with Crippen molar-refractivity contribution < 1.29 is 9.53 Å². The Labute approximate surface area is 158 Å². The molecule has 0 N–H and O–H groups in total. The number of carbonyl (C=O) groups excluding carboxylic acids is 1. The fourth-order valence-corrected chi connectivity index (χ4v) is 3.23. The van der Waals surface area contributed by atoms with Crippen molar-refractivity contribution in [3.8, 4) is 0 Å². The minimum atomic E-state index is -0.371. The van der Waals surface area contributed by atoms with E-state index in [1.54, 1.807) is 13.1 Å². The van der Waals surface area contributed by atoms with E-state index in [4.69, 9.17) is 16.3 Å². The summed E-state index contributed by atoms with van der Waals surface area (Å²) in [5, 5.41) is 1.54. The van der Waals surface area contributed by atoms with E-state index in [0.29, 0.717) is 23.7 Å². The van der Waals surface area contributed by atoms with Crippen molar-refractivity contribution >= 4 is 34.2 Å². The second-order valence-electron chi connectivity index (χ2n) is 6.15. The van der Waals surface area contributed by atoms with Crippen LogP contribution in [0.5, 0.6) is 0 Å². The number of benzene rings is 2. The minimum absolute atomic E-state index is 0.318. The fourth-order valence-electron chi connectivity index (χ4n) is 3.07. The lowest BCUT2D eigenvalue weighted by atomic mass is 10.0. The van der Waals surface area contributed by atoms with Gasteiger partial charge >= 0.3 is 5.97 Å². The van der Waals surface area contributed by atoms with Crippen molar-refractivity contribution in [3.63, 3.8) is 0 Å². The maximum absolute atomic E-state index is 12.5. The topological polar surface area (TPSA) is 42.4 Å². The number of hydrogen-bond donors (Lipinski definition) is 0. The van der Waals surface area contributed by atoms with Crippen LogP contribution in [0.25, 0.3) is 10.9 Å². The van der Waals surface area contributed by atoms with Gasteiger partial charge in [0.05, 0.1) is 17.8 Å². The second-order valence-corrected chi connectivity index (χ2v) is 6.56. The van der Waals surface area contributed by atoms with Gasteiger partial charge in [0.2, 0.25) is 0 Å². The summed E-state index contributed by atoms with van der Waals surface area (Å²) in [5.74, 6) is -0.371. The third-order valence-electron chi connectivity index (χ3n) is 4.34. The first-order valence-electron chi connectivity index (χ1n) is 8.53.